The molecule has 0 aromatic rings. The molecule has 2 N–H and O–H groups in total. The zero-order valence-electron chi connectivity index (χ0n) is 47.7. The van der Waals surface area contributed by atoms with Gasteiger partial charge in [-0.25, -0.2) is 4.57 Å². The first-order chi connectivity index (χ1) is 34.4. The molecule has 3 unspecified atom stereocenters. The minimum absolute atomic E-state index is 0.0419. The maximum absolute atomic E-state index is 13.5. The monoisotopic (exact) mass is 1020 g/mol. The number of allylic oxidation sites excluding steroid dienone is 5. The van der Waals surface area contributed by atoms with E-state index in [2.05, 4.69) is 50.4 Å². The summed E-state index contributed by atoms with van der Waals surface area (Å²) in [5.74, 6) is -0.498. The number of nitrogens with zero attached hydrogens (tertiary/aromatic N) is 1. The molecule has 3 atom stereocenters. The number of likely N-dealkylation sites (N-methyl/N-ethyl adjacent to an activating group) is 1. The highest BCUT2D eigenvalue weighted by atomic mass is 31.2. The van der Waals surface area contributed by atoms with E-state index in [1.54, 1.807) is 0 Å². The molecular weight excluding hydrogens is 904 g/mol. The predicted molar refractivity (Wildman–Crippen MR) is 305 cm³/mol. The Kier molecular flexibility index (Phi) is 50.4. The van der Waals surface area contributed by atoms with Crippen molar-refractivity contribution in [3.05, 3.63) is 36.5 Å². The number of esters is 1. The molecule has 0 spiro atoms. The Morgan fingerprint density at radius 1 is 0.493 bits per heavy atom. The average Bonchev–Trinajstić information content (AvgIpc) is 3.33. The summed E-state index contributed by atoms with van der Waals surface area (Å²) in [5, 5.41) is 3.06. The third-order valence-electron chi connectivity index (χ3n) is 13.6. The highest BCUT2D eigenvalue weighted by molar-refractivity contribution is 7.47. The topological polar surface area (TPSA) is 111 Å². The van der Waals surface area contributed by atoms with Crippen LogP contribution in [0.5, 0.6) is 0 Å². The fourth-order valence-corrected chi connectivity index (χ4v) is 9.59. The second-order valence-electron chi connectivity index (χ2n) is 21.9. The van der Waals surface area contributed by atoms with Crippen LogP contribution in [0.4, 0.5) is 0 Å². The number of hydrogen-bond acceptors (Lipinski definition) is 6. The lowest BCUT2D eigenvalue weighted by molar-refractivity contribution is -0.870. The van der Waals surface area contributed by atoms with Crippen LogP contribution in [0.3, 0.4) is 0 Å². The second-order valence-corrected chi connectivity index (χ2v) is 23.3. The Balaban J connectivity index is 5.28. The molecule has 0 bridgehead atoms. The molecule has 0 saturated carbocycles. The van der Waals surface area contributed by atoms with Crippen LogP contribution in [0.2, 0.25) is 0 Å². The molecule has 0 fully saturated rings. The molecule has 0 aliphatic rings. The number of phosphoric acid groups is 1. The fraction of sp³-hybridized carbons (Fsp3) is 0.869. The second kappa shape index (κ2) is 51.7. The van der Waals surface area contributed by atoms with Crippen LogP contribution in [0.15, 0.2) is 36.5 Å². The van der Waals surface area contributed by atoms with Gasteiger partial charge in [0, 0.05) is 12.8 Å². The van der Waals surface area contributed by atoms with Crippen LogP contribution >= 0.6 is 7.82 Å². The molecule has 71 heavy (non-hydrogen) atoms. The van der Waals surface area contributed by atoms with Crippen molar-refractivity contribution in [2.24, 2.45) is 0 Å². The molecule has 418 valence electrons. The van der Waals surface area contributed by atoms with Gasteiger partial charge in [-0.15, -0.1) is 0 Å². The summed E-state index contributed by atoms with van der Waals surface area (Å²) in [4.78, 5) is 37.6. The summed E-state index contributed by atoms with van der Waals surface area (Å²) in [6, 6.07) is -0.845. The Morgan fingerprint density at radius 2 is 0.859 bits per heavy atom. The lowest BCUT2D eigenvalue weighted by Crippen LogP contribution is -2.47. The first-order valence-corrected chi connectivity index (χ1v) is 31.8. The van der Waals surface area contributed by atoms with Crippen LogP contribution in [0.25, 0.3) is 0 Å². The largest absolute Gasteiger partial charge is 0.472 e. The minimum atomic E-state index is -4.44. The van der Waals surface area contributed by atoms with Crippen molar-refractivity contribution in [2.45, 2.75) is 303 Å². The van der Waals surface area contributed by atoms with Crippen LogP contribution in [0.1, 0.15) is 290 Å². The van der Waals surface area contributed by atoms with Crippen molar-refractivity contribution >= 4 is 19.7 Å². The van der Waals surface area contributed by atoms with E-state index in [0.29, 0.717) is 17.4 Å². The number of amides is 1. The molecule has 0 aliphatic carbocycles. The third-order valence-corrected chi connectivity index (χ3v) is 14.6. The van der Waals surface area contributed by atoms with Crippen LogP contribution < -0.4 is 5.32 Å². The molecule has 9 nitrogen and oxygen atoms in total. The highest BCUT2D eigenvalue weighted by Gasteiger charge is 2.30. The summed E-state index contributed by atoms with van der Waals surface area (Å²) in [6.07, 6.45) is 61.3. The fourth-order valence-electron chi connectivity index (χ4n) is 8.85. The van der Waals surface area contributed by atoms with E-state index in [1.807, 2.05) is 33.3 Å². The SMILES string of the molecule is CCCCC/C=C\C/C=C\CCCCCCCCCCCC(=O)OC(/C=C/CCCCCCCCCCCCC)C(COP(=O)(O)OCC[N+](C)(C)C)NC(=O)CCCCCCCCCCCCCCC. The number of phosphoric ester groups is 1. The summed E-state index contributed by atoms with van der Waals surface area (Å²) in [7, 11) is 1.50. The number of carbonyl (C=O) groups excluding carboxylic acids is 2. The number of nitrogens with one attached hydrogen (secondary N) is 1. The molecule has 0 saturated heterocycles. The molecule has 0 aromatic carbocycles. The summed E-state index contributed by atoms with van der Waals surface area (Å²) >= 11 is 0. The zero-order chi connectivity index (χ0) is 52.2. The summed E-state index contributed by atoms with van der Waals surface area (Å²) in [6.45, 7) is 7.01. The number of unbranched alkanes of at least 4 members (excludes halogenated alkanes) is 35. The lowest BCUT2D eigenvalue weighted by Gasteiger charge is -2.27. The average molecular weight is 1020 g/mol. The van der Waals surface area contributed by atoms with E-state index in [4.69, 9.17) is 13.8 Å². The van der Waals surface area contributed by atoms with Gasteiger partial charge in [0.15, 0.2) is 0 Å². The predicted octanol–water partition coefficient (Wildman–Crippen LogP) is 18.3. The first kappa shape index (κ1) is 69.2. The van der Waals surface area contributed by atoms with E-state index in [1.165, 1.54) is 193 Å². The lowest BCUT2D eigenvalue weighted by atomic mass is 10.0. The van der Waals surface area contributed by atoms with Crippen molar-refractivity contribution in [3.8, 4) is 0 Å². The Morgan fingerprint density at radius 3 is 1.30 bits per heavy atom. The van der Waals surface area contributed by atoms with Crippen molar-refractivity contribution < 1.29 is 37.3 Å². The number of quaternary nitrogens is 1. The van der Waals surface area contributed by atoms with Crippen LogP contribution in [0, 0.1) is 0 Å². The maximum Gasteiger partial charge on any atom is 0.472 e. The van der Waals surface area contributed by atoms with Gasteiger partial charge >= 0.3 is 13.8 Å². The number of carbonyl (C=O) groups is 2. The third kappa shape index (κ3) is 52.9. The van der Waals surface area contributed by atoms with Gasteiger partial charge in [0.2, 0.25) is 5.91 Å². The summed E-state index contributed by atoms with van der Waals surface area (Å²) in [5.41, 5.74) is 0. The highest BCUT2D eigenvalue weighted by Crippen LogP contribution is 2.43. The van der Waals surface area contributed by atoms with Gasteiger partial charge in [-0.1, -0.05) is 250 Å². The standard InChI is InChI=1S/C61H117N2O7P/c1-7-10-13-16-19-22-25-28-29-30-31-32-33-36-39-42-45-48-51-54-61(65)70-59(52-49-46-43-40-37-34-26-23-20-17-14-11-8-2)58(57-69-71(66,67)68-56-55-63(4,5)6)62-60(64)53-50-47-44-41-38-35-27-24-21-18-15-12-9-3/h19,22,28-29,49,52,58-59H,7-18,20-21,23-27,30-48,50-51,53-57H2,1-6H3,(H-,62,64,66,67)/p+1/b22-19-,29-28-,52-49+. The molecular formula is C61H118N2O7P+. The Hall–Kier alpha value is -1.77. The Bertz CT molecular complexity index is 1310. The van der Waals surface area contributed by atoms with Gasteiger partial charge in [0.05, 0.1) is 33.8 Å². The molecule has 0 aliphatic heterocycles. The van der Waals surface area contributed by atoms with Gasteiger partial charge in [0.1, 0.15) is 19.3 Å². The molecule has 0 heterocycles. The molecule has 0 aromatic heterocycles. The van der Waals surface area contributed by atoms with E-state index >= 15 is 0 Å². The van der Waals surface area contributed by atoms with Gasteiger partial charge < -0.3 is 19.4 Å². The van der Waals surface area contributed by atoms with Crippen LogP contribution in [-0.2, 0) is 27.9 Å². The number of hydrogen-bond donors (Lipinski definition) is 2. The molecule has 1 amide bonds. The van der Waals surface area contributed by atoms with Crippen LogP contribution in [-0.4, -0.2) is 74.3 Å². The molecule has 10 heteroatoms. The quantitative estimate of drug-likeness (QED) is 0.0205. The van der Waals surface area contributed by atoms with Crippen molar-refractivity contribution in [1.82, 2.24) is 5.32 Å². The van der Waals surface area contributed by atoms with Gasteiger partial charge in [0.25, 0.3) is 0 Å². The summed E-state index contributed by atoms with van der Waals surface area (Å²) < 4.78 is 30.7. The van der Waals surface area contributed by atoms with E-state index in [-0.39, 0.29) is 31.5 Å². The van der Waals surface area contributed by atoms with Crippen molar-refractivity contribution in [1.29, 1.82) is 0 Å². The zero-order valence-corrected chi connectivity index (χ0v) is 48.6. The smallest absolute Gasteiger partial charge is 0.456 e. The van der Waals surface area contributed by atoms with E-state index in [9.17, 15) is 19.0 Å². The Labute approximate surface area is 440 Å². The van der Waals surface area contributed by atoms with Crippen molar-refractivity contribution in [3.63, 3.8) is 0 Å². The van der Waals surface area contributed by atoms with Gasteiger partial charge in [-0.3, -0.25) is 18.6 Å². The first-order valence-electron chi connectivity index (χ1n) is 30.3. The van der Waals surface area contributed by atoms with Gasteiger partial charge in [-0.2, -0.15) is 0 Å². The van der Waals surface area contributed by atoms with Crippen molar-refractivity contribution in [2.75, 3.05) is 40.9 Å². The molecule has 0 radical (unpaired) electrons. The van der Waals surface area contributed by atoms with E-state index < -0.39 is 20.0 Å². The maximum atomic E-state index is 13.5. The van der Waals surface area contributed by atoms with E-state index in [0.717, 1.165) is 64.2 Å². The number of rotatable bonds is 55. The molecule has 0 rings (SSSR count). The number of ether oxygens (including phenoxy) is 1. The minimum Gasteiger partial charge on any atom is -0.456 e. The normalized spacial score (nSPS) is 14.0. The van der Waals surface area contributed by atoms with Gasteiger partial charge in [-0.05, 0) is 63.9 Å².